The molecular weight excluding hydrogens is 319 g/mol. The molecule has 0 atom stereocenters. The van der Waals surface area contributed by atoms with Crippen molar-refractivity contribution in [1.82, 2.24) is 25.2 Å². The molecule has 0 saturated heterocycles. The molecule has 0 spiro atoms. The number of thiazole rings is 1. The minimum Gasteiger partial charge on any atom is -0.300 e. The first-order valence-electron chi connectivity index (χ1n) is 6.81. The summed E-state index contributed by atoms with van der Waals surface area (Å²) >= 11 is 1.40. The maximum Gasteiger partial charge on any atom is 0.248 e. The lowest BCUT2D eigenvalue weighted by molar-refractivity contribution is -0.116. The third-order valence-corrected chi connectivity index (χ3v) is 4.19. The highest BCUT2D eigenvalue weighted by atomic mass is 32.1. The second kappa shape index (κ2) is 6.61. The van der Waals surface area contributed by atoms with Crippen LogP contribution in [0.4, 0.5) is 9.52 Å². The fourth-order valence-corrected chi connectivity index (χ4v) is 3.00. The number of carbonyl (C=O) groups is 1. The lowest BCUT2D eigenvalue weighted by atomic mass is 10.1. The van der Waals surface area contributed by atoms with Crippen molar-refractivity contribution >= 4 is 22.4 Å². The van der Waals surface area contributed by atoms with Gasteiger partial charge in [0.05, 0.1) is 5.69 Å². The molecule has 1 amide bonds. The van der Waals surface area contributed by atoms with Gasteiger partial charge in [-0.3, -0.25) is 4.79 Å². The van der Waals surface area contributed by atoms with Gasteiger partial charge in [-0.05, 0) is 35.0 Å². The molecule has 0 fully saturated rings. The van der Waals surface area contributed by atoms with Crippen LogP contribution in [0.25, 0.3) is 0 Å². The highest BCUT2D eigenvalue weighted by Gasteiger charge is 2.12. The molecule has 118 valence electrons. The third kappa shape index (κ3) is 3.95. The molecule has 9 heteroatoms. The van der Waals surface area contributed by atoms with Crippen LogP contribution in [0.5, 0.6) is 0 Å². The van der Waals surface area contributed by atoms with Gasteiger partial charge in [0.1, 0.15) is 18.7 Å². The lowest BCUT2D eigenvalue weighted by Crippen LogP contribution is -2.19. The second-order valence-electron chi connectivity index (χ2n) is 4.89. The molecule has 1 N–H and O–H groups in total. The second-order valence-corrected chi connectivity index (χ2v) is 5.97. The van der Waals surface area contributed by atoms with E-state index in [-0.39, 0.29) is 18.3 Å². The first kappa shape index (κ1) is 15.2. The van der Waals surface area contributed by atoms with Gasteiger partial charge in [0.15, 0.2) is 5.13 Å². The predicted molar refractivity (Wildman–Crippen MR) is 82.5 cm³/mol. The highest BCUT2D eigenvalue weighted by molar-refractivity contribution is 7.15. The number of nitrogens with one attached hydrogen (secondary N) is 1. The van der Waals surface area contributed by atoms with Crippen LogP contribution in [0.15, 0.2) is 30.6 Å². The van der Waals surface area contributed by atoms with E-state index >= 15 is 0 Å². The molecule has 0 unspecified atom stereocenters. The Morgan fingerprint density at radius 1 is 1.35 bits per heavy atom. The molecule has 2 heterocycles. The topological polar surface area (TPSA) is 85.6 Å². The van der Waals surface area contributed by atoms with E-state index in [1.165, 1.54) is 34.5 Å². The first-order valence-corrected chi connectivity index (χ1v) is 7.63. The number of nitrogens with zero attached hydrogens (tertiary/aromatic N) is 5. The van der Waals surface area contributed by atoms with Crippen LogP contribution in [0, 0.1) is 12.7 Å². The van der Waals surface area contributed by atoms with Gasteiger partial charge >= 0.3 is 0 Å². The molecule has 0 bridgehead atoms. The summed E-state index contributed by atoms with van der Waals surface area (Å²) in [7, 11) is 0. The van der Waals surface area contributed by atoms with Crippen LogP contribution in [0.3, 0.4) is 0 Å². The quantitative estimate of drug-likeness (QED) is 0.770. The van der Waals surface area contributed by atoms with Gasteiger partial charge in [-0.2, -0.15) is 0 Å². The zero-order valence-electron chi connectivity index (χ0n) is 12.2. The van der Waals surface area contributed by atoms with Crippen molar-refractivity contribution in [2.75, 3.05) is 5.32 Å². The van der Waals surface area contributed by atoms with Crippen molar-refractivity contribution in [3.8, 4) is 0 Å². The summed E-state index contributed by atoms with van der Waals surface area (Å²) in [5, 5.41) is 13.8. The van der Waals surface area contributed by atoms with Crippen LogP contribution >= 0.6 is 11.3 Å². The van der Waals surface area contributed by atoms with E-state index in [1.54, 1.807) is 12.1 Å². The van der Waals surface area contributed by atoms with E-state index in [4.69, 9.17) is 0 Å². The number of halogens is 1. The lowest BCUT2D eigenvalue weighted by Gasteiger charge is -2.00. The van der Waals surface area contributed by atoms with Crippen molar-refractivity contribution in [3.05, 3.63) is 52.5 Å². The zero-order valence-corrected chi connectivity index (χ0v) is 13.0. The van der Waals surface area contributed by atoms with Crippen LogP contribution in [0.2, 0.25) is 0 Å². The fraction of sp³-hybridized carbons (Fsp3) is 0.214. The molecule has 3 aromatic rings. The number of rotatable bonds is 5. The zero-order chi connectivity index (χ0) is 16.2. The Morgan fingerprint density at radius 2 is 2.13 bits per heavy atom. The summed E-state index contributed by atoms with van der Waals surface area (Å²) in [4.78, 5) is 17.3. The summed E-state index contributed by atoms with van der Waals surface area (Å²) < 4.78 is 14.3. The predicted octanol–water partition coefficient (Wildman–Crippen LogP) is 1.81. The summed E-state index contributed by atoms with van der Waals surface area (Å²) in [6.07, 6.45) is 2.01. The van der Waals surface area contributed by atoms with E-state index in [1.807, 2.05) is 6.92 Å². The summed E-state index contributed by atoms with van der Waals surface area (Å²) in [6.45, 7) is 1.91. The van der Waals surface area contributed by atoms with E-state index in [2.05, 4.69) is 25.8 Å². The number of benzene rings is 1. The molecule has 0 saturated carbocycles. The monoisotopic (exact) mass is 332 g/mol. The maximum atomic E-state index is 12.9. The third-order valence-electron chi connectivity index (χ3n) is 3.11. The molecule has 0 aliphatic rings. The molecule has 0 aliphatic heterocycles. The Bertz CT molecular complexity index is 799. The average molecular weight is 332 g/mol. The Balaban J connectivity index is 1.65. The standard InChI is InChI=1S/C14H13FN6OS/c1-9-12(6-10-2-4-11(15)5-3-10)23-14(17-9)18-13(22)7-21-8-16-19-20-21/h2-5,8H,6-7H2,1H3,(H,17,18,22). The molecular formula is C14H13FN6OS. The Hall–Kier alpha value is -2.68. The Kier molecular flexibility index (Phi) is 4.38. The molecule has 1 aromatic carbocycles. The smallest absolute Gasteiger partial charge is 0.248 e. The van der Waals surface area contributed by atoms with Crippen molar-refractivity contribution in [1.29, 1.82) is 0 Å². The first-order chi connectivity index (χ1) is 11.1. The largest absolute Gasteiger partial charge is 0.300 e. The number of hydrogen-bond donors (Lipinski definition) is 1. The SMILES string of the molecule is Cc1nc(NC(=O)Cn2cnnn2)sc1Cc1ccc(F)cc1. The number of hydrogen-bond acceptors (Lipinski definition) is 6. The number of aryl methyl sites for hydroxylation is 1. The number of carbonyl (C=O) groups excluding carboxylic acids is 1. The molecule has 2 aromatic heterocycles. The summed E-state index contributed by atoms with van der Waals surface area (Å²) in [6, 6.07) is 6.34. The van der Waals surface area contributed by atoms with Crippen molar-refractivity contribution in [2.24, 2.45) is 0 Å². The minimum atomic E-state index is -0.259. The van der Waals surface area contributed by atoms with Gasteiger partial charge in [0, 0.05) is 11.3 Å². The number of anilines is 1. The van der Waals surface area contributed by atoms with Crippen molar-refractivity contribution in [2.45, 2.75) is 19.9 Å². The van der Waals surface area contributed by atoms with Gasteiger partial charge in [-0.1, -0.05) is 12.1 Å². The van der Waals surface area contributed by atoms with E-state index in [0.29, 0.717) is 11.6 Å². The van der Waals surface area contributed by atoms with Crippen LogP contribution in [-0.4, -0.2) is 31.1 Å². The van der Waals surface area contributed by atoms with Crippen molar-refractivity contribution in [3.63, 3.8) is 0 Å². The summed E-state index contributed by atoms with van der Waals surface area (Å²) in [5.74, 6) is -0.510. The average Bonchev–Trinajstić information content (AvgIpc) is 3.12. The minimum absolute atomic E-state index is 0.0267. The van der Waals surface area contributed by atoms with E-state index in [9.17, 15) is 9.18 Å². The van der Waals surface area contributed by atoms with E-state index < -0.39 is 0 Å². The fourth-order valence-electron chi connectivity index (χ4n) is 1.99. The molecule has 0 radical (unpaired) electrons. The molecule has 7 nitrogen and oxygen atoms in total. The molecule has 0 aliphatic carbocycles. The Labute approximate surface area is 135 Å². The number of tetrazole rings is 1. The molecule has 23 heavy (non-hydrogen) atoms. The van der Waals surface area contributed by atoms with Gasteiger partial charge in [-0.15, -0.1) is 16.4 Å². The van der Waals surface area contributed by atoms with Gasteiger partial charge in [0.2, 0.25) is 5.91 Å². The highest BCUT2D eigenvalue weighted by Crippen LogP contribution is 2.25. The van der Waals surface area contributed by atoms with Crippen LogP contribution < -0.4 is 5.32 Å². The summed E-state index contributed by atoms with van der Waals surface area (Å²) in [5.41, 5.74) is 1.83. The van der Waals surface area contributed by atoms with Crippen LogP contribution in [0.1, 0.15) is 16.1 Å². The van der Waals surface area contributed by atoms with E-state index in [0.717, 1.165) is 16.1 Å². The Morgan fingerprint density at radius 3 is 2.83 bits per heavy atom. The molecule has 3 rings (SSSR count). The van der Waals surface area contributed by atoms with Crippen LogP contribution in [-0.2, 0) is 17.8 Å². The van der Waals surface area contributed by atoms with Crippen molar-refractivity contribution < 1.29 is 9.18 Å². The maximum absolute atomic E-state index is 12.9. The normalized spacial score (nSPS) is 10.7. The van der Waals surface area contributed by atoms with Gasteiger partial charge in [0.25, 0.3) is 0 Å². The van der Waals surface area contributed by atoms with Gasteiger partial charge in [-0.25, -0.2) is 14.1 Å². The number of amides is 1. The number of aromatic nitrogens is 5. The van der Waals surface area contributed by atoms with Gasteiger partial charge < -0.3 is 5.32 Å².